The molecule has 0 saturated carbocycles. The number of hydrogen-bond acceptors (Lipinski definition) is 2. The highest BCUT2D eigenvalue weighted by atomic mass is 16.5. The van der Waals surface area contributed by atoms with E-state index < -0.39 is 0 Å². The number of hydrogen-bond donors (Lipinski definition) is 0. The third-order valence-corrected chi connectivity index (χ3v) is 6.70. The summed E-state index contributed by atoms with van der Waals surface area (Å²) in [4.78, 5) is 0. The fourth-order valence-electron chi connectivity index (χ4n) is 4.84. The second kappa shape index (κ2) is 11.7. The Morgan fingerprint density at radius 2 is 2.18 bits per heavy atom. The molecule has 2 rings (SSSR count). The van der Waals surface area contributed by atoms with Gasteiger partial charge in [0.1, 0.15) is 0 Å². The van der Waals surface area contributed by atoms with Gasteiger partial charge in [0.15, 0.2) is 0 Å². The van der Waals surface area contributed by atoms with Gasteiger partial charge >= 0.3 is 0 Å². The lowest BCUT2D eigenvalue weighted by molar-refractivity contribution is 0.142. The fraction of sp³-hybridized carbons (Fsp3) is 0.692. The van der Waals surface area contributed by atoms with Crippen molar-refractivity contribution in [2.24, 2.45) is 17.3 Å². The van der Waals surface area contributed by atoms with E-state index in [0.717, 1.165) is 18.9 Å². The molecule has 1 aliphatic carbocycles. The molecule has 0 amide bonds. The molecule has 158 valence electrons. The van der Waals surface area contributed by atoms with E-state index in [4.69, 9.17) is 9.15 Å². The van der Waals surface area contributed by atoms with E-state index in [0.29, 0.717) is 11.3 Å². The minimum Gasteiger partial charge on any atom is -0.472 e. The molecule has 0 aliphatic heterocycles. The minimum atomic E-state index is 0.456. The predicted molar refractivity (Wildman–Crippen MR) is 119 cm³/mol. The molecule has 0 fully saturated rings. The first kappa shape index (κ1) is 23.0. The summed E-state index contributed by atoms with van der Waals surface area (Å²) < 4.78 is 10.6. The van der Waals surface area contributed by atoms with Gasteiger partial charge in [-0.2, -0.15) is 0 Å². The molecule has 2 atom stereocenters. The van der Waals surface area contributed by atoms with Crippen LogP contribution in [0.2, 0.25) is 0 Å². The molecule has 0 N–H and O–H groups in total. The van der Waals surface area contributed by atoms with E-state index in [2.05, 4.69) is 45.9 Å². The number of furan rings is 1. The summed E-state index contributed by atoms with van der Waals surface area (Å²) in [7, 11) is 1.83. The van der Waals surface area contributed by atoms with E-state index in [9.17, 15) is 0 Å². The second-order valence-corrected chi connectivity index (χ2v) is 9.54. The third kappa shape index (κ3) is 7.62. The van der Waals surface area contributed by atoms with Gasteiger partial charge in [-0.3, -0.25) is 0 Å². The van der Waals surface area contributed by atoms with Crippen LogP contribution in [0.4, 0.5) is 0 Å². The molecule has 1 aromatic heterocycles. The highest BCUT2D eigenvalue weighted by Crippen LogP contribution is 2.43. The van der Waals surface area contributed by atoms with Gasteiger partial charge in [0.05, 0.1) is 12.5 Å². The lowest BCUT2D eigenvalue weighted by Crippen LogP contribution is -2.27. The summed E-state index contributed by atoms with van der Waals surface area (Å²) in [6, 6.07) is 2.07. The van der Waals surface area contributed by atoms with E-state index in [1.54, 1.807) is 17.4 Å². The Morgan fingerprint density at radius 3 is 2.86 bits per heavy atom. The van der Waals surface area contributed by atoms with Crippen LogP contribution in [0.3, 0.4) is 0 Å². The number of ether oxygens (including phenoxy) is 1. The summed E-state index contributed by atoms with van der Waals surface area (Å²) in [5, 5.41) is 0. The molecule has 1 aliphatic rings. The number of aryl methyl sites for hydroxylation is 1. The van der Waals surface area contributed by atoms with Crippen molar-refractivity contribution in [2.45, 2.75) is 85.5 Å². The zero-order valence-electron chi connectivity index (χ0n) is 18.9. The molecule has 0 aromatic carbocycles. The van der Waals surface area contributed by atoms with E-state index in [1.165, 1.54) is 56.9 Å². The Hall–Kier alpha value is -1.28. The van der Waals surface area contributed by atoms with Gasteiger partial charge < -0.3 is 9.15 Å². The van der Waals surface area contributed by atoms with Crippen molar-refractivity contribution >= 4 is 0 Å². The zero-order chi connectivity index (χ0) is 20.4. The summed E-state index contributed by atoms with van der Waals surface area (Å²) in [6.07, 6.45) is 19.6. The van der Waals surface area contributed by atoms with E-state index >= 15 is 0 Å². The first-order valence-corrected chi connectivity index (χ1v) is 11.2. The standard InChI is InChI=1S/C26H42O2/c1-21(14-15-25-22(2)10-8-17-26(25,3)4)9-6-11-23(19-27-5)12-7-13-24-16-18-28-20-24/h9-10,16,18,20,23,25H,6-8,11-15,17,19H2,1-5H3. The highest BCUT2D eigenvalue weighted by Gasteiger charge is 2.32. The predicted octanol–water partition coefficient (Wildman–Crippen LogP) is 7.75. The molecule has 28 heavy (non-hydrogen) atoms. The van der Waals surface area contributed by atoms with Crippen LogP contribution in [-0.4, -0.2) is 13.7 Å². The van der Waals surface area contributed by atoms with Gasteiger partial charge in [0.25, 0.3) is 0 Å². The van der Waals surface area contributed by atoms with Gasteiger partial charge in [0.2, 0.25) is 0 Å². The molecule has 0 bridgehead atoms. The summed E-state index contributed by atoms with van der Waals surface area (Å²) in [5.74, 6) is 1.40. The molecule has 0 radical (unpaired) electrons. The monoisotopic (exact) mass is 386 g/mol. The number of allylic oxidation sites excluding steroid dienone is 4. The Morgan fingerprint density at radius 1 is 1.36 bits per heavy atom. The molecule has 0 saturated heterocycles. The molecular formula is C26H42O2. The Balaban J connectivity index is 1.72. The maximum Gasteiger partial charge on any atom is 0.0934 e. The average Bonchev–Trinajstić information content (AvgIpc) is 3.14. The van der Waals surface area contributed by atoms with Crippen molar-refractivity contribution in [1.29, 1.82) is 0 Å². The fourth-order valence-corrected chi connectivity index (χ4v) is 4.84. The molecular weight excluding hydrogens is 344 g/mol. The zero-order valence-corrected chi connectivity index (χ0v) is 18.9. The maximum absolute atomic E-state index is 5.47. The SMILES string of the molecule is COCC(CCC=C(C)CCC1C(C)=CCCC1(C)C)CCCc1ccoc1. The van der Waals surface area contributed by atoms with Crippen LogP contribution in [0.5, 0.6) is 0 Å². The third-order valence-electron chi connectivity index (χ3n) is 6.70. The van der Waals surface area contributed by atoms with Crippen molar-refractivity contribution in [3.05, 3.63) is 47.5 Å². The van der Waals surface area contributed by atoms with Crippen LogP contribution < -0.4 is 0 Å². The van der Waals surface area contributed by atoms with Crippen LogP contribution in [0.1, 0.15) is 84.6 Å². The largest absolute Gasteiger partial charge is 0.472 e. The maximum atomic E-state index is 5.47. The number of rotatable bonds is 12. The van der Waals surface area contributed by atoms with Gasteiger partial charge in [0, 0.05) is 13.7 Å². The smallest absolute Gasteiger partial charge is 0.0934 e. The molecule has 2 unspecified atom stereocenters. The van der Waals surface area contributed by atoms with Gasteiger partial charge in [-0.15, -0.1) is 0 Å². The van der Waals surface area contributed by atoms with Crippen LogP contribution >= 0.6 is 0 Å². The quantitative estimate of drug-likeness (QED) is 0.342. The van der Waals surface area contributed by atoms with Crippen LogP contribution in [0.25, 0.3) is 0 Å². The first-order valence-electron chi connectivity index (χ1n) is 11.2. The molecule has 2 nitrogen and oxygen atoms in total. The van der Waals surface area contributed by atoms with Gasteiger partial charge in [-0.05, 0) is 101 Å². The van der Waals surface area contributed by atoms with Crippen molar-refractivity contribution in [3.63, 3.8) is 0 Å². The first-order chi connectivity index (χ1) is 13.4. The highest BCUT2D eigenvalue weighted by molar-refractivity contribution is 5.13. The minimum absolute atomic E-state index is 0.456. The molecule has 1 heterocycles. The normalized spacial score (nSPS) is 20.8. The Labute approximate surface area is 173 Å². The van der Waals surface area contributed by atoms with E-state index in [-0.39, 0.29) is 0 Å². The second-order valence-electron chi connectivity index (χ2n) is 9.54. The van der Waals surface area contributed by atoms with Gasteiger partial charge in [-0.1, -0.05) is 37.1 Å². The van der Waals surface area contributed by atoms with Crippen molar-refractivity contribution in [2.75, 3.05) is 13.7 Å². The van der Waals surface area contributed by atoms with Crippen molar-refractivity contribution in [1.82, 2.24) is 0 Å². The lowest BCUT2D eigenvalue weighted by Gasteiger charge is -2.38. The number of methoxy groups -OCH3 is 1. The Bertz CT molecular complexity index is 606. The van der Waals surface area contributed by atoms with Crippen molar-refractivity contribution in [3.8, 4) is 0 Å². The van der Waals surface area contributed by atoms with Crippen molar-refractivity contribution < 1.29 is 9.15 Å². The molecule has 1 aromatic rings. The molecule has 0 spiro atoms. The Kier molecular flexibility index (Phi) is 9.58. The van der Waals surface area contributed by atoms with Crippen LogP contribution in [-0.2, 0) is 11.2 Å². The summed E-state index contributed by atoms with van der Waals surface area (Å²) in [6.45, 7) is 10.4. The van der Waals surface area contributed by atoms with Crippen LogP contribution in [0, 0.1) is 17.3 Å². The summed E-state index contributed by atoms with van der Waals surface area (Å²) >= 11 is 0. The van der Waals surface area contributed by atoms with Gasteiger partial charge in [-0.25, -0.2) is 0 Å². The lowest BCUT2D eigenvalue weighted by atomic mass is 9.67. The van der Waals surface area contributed by atoms with E-state index in [1.807, 2.05) is 13.4 Å². The average molecular weight is 387 g/mol. The molecule has 2 heteroatoms. The topological polar surface area (TPSA) is 22.4 Å². The summed E-state index contributed by atoms with van der Waals surface area (Å²) in [5.41, 5.74) is 4.94. The van der Waals surface area contributed by atoms with Crippen LogP contribution in [0.15, 0.2) is 46.3 Å².